The van der Waals surface area contributed by atoms with Crippen molar-refractivity contribution in [2.24, 2.45) is 40.4 Å². The van der Waals surface area contributed by atoms with Gasteiger partial charge in [0, 0.05) is 6.42 Å². The third kappa shape index (κ3) is 3.13. The van der Waals surface area contributed by atoms with Crippen LogP contribution in [-0.2, 0) is 4.79 Å². The zero-order valence-electron chi connectivity index (χ0n) is 19.8. The van der Waals surface area contributed by atoms with E-state index in [4.69, 9.17) is 15.7 Å². The van der Waals surface area contributed by atoms with E-state index < -0.39 is 10.8 Å². The Morgan fingerprint density at radius 2 is 1.83 bits per heavy atom. The molecule has 4 heteroatoms. The molecule has 4 radical (unpaired) electrons. The van der Waals surface area contributed by atoms with Crippen LogP contribution in [0, 0.1) is 40.4 Å². The van der Waals surface area contributed by atoms with Gasteiger partial charge in [0.15, 0.2) is 0 Å². The fourth-order valence-electron chi connectivity index (χ4n) is 8.66. The summed E-state index contributed by atoms with van der Waals surface area (Å²) < 4.78 is 0. The van der Waals surface area contributed by atoms with Gasteiger partial charge in [0.2, 0.25) is 0 Å². The second kappa shape index (κ2) is 7.26. The Hall–Kier alpha value is -0.500. The van der Waals surface area contributed by atoms with Crippen LogP contribution < -0.4 is 0 Å². The van der Waals surface area contributed by atoms with E-state index in [2.05, 4.69) is 26.8 Å². The molecule has 6 unspecified atom stereocenters. The van der Waals surface area contributed by atoms with E-state index >= 15 is 0 Å². The summed E-state index contributed by atoms with van der Waals surface area (Å²) in [6.07, 6.45) is 11.9. The number of fused-ring (bicyclic) bond motifs is 5. The molecule has 162 valence electrons. The first-order valence-electron chi connectivity index (χ1n) is 12.4. The lowest BCUT2D eigenvalue weighted by atomic mass is 9.33. The van der Waals surface area contributed by atoms with E-state index in [0.29, 0.717) is 35.4 Å². The second-order valence-corrected chi connectivity index (χ2v) is 12.2. The van der Waals surface area contributed by atoms with E-state index in [1.807, 2.05) is 0 Å². The smallest absolute Gasteiger partial charge is 0.129 e. The van der Waals surface area contributed by atoms with Crippen LogP contribution in [0.3, 0.4) is 0 Å². The Morgan fingerprint density at radius 3 is 2.50 bits per heavy atom. The van der Waals surface area contributed by atoms with Crippen molar-refractivity contribution < 1.29 is 9.90 Å². The quantitative estimate of drug-likeness (QED) is 0.503. The van der Waals surface area contributed by atoms with Crippen molar-refractivity contribution in [1.29, 1.82) is 0 Å². The zero-order chi connectivity index (χ0) is 22.1. The summed E-state index contributed by atoms with van der Waals surface area (Å²) >= 11 is 0. The van der Waals surface area contributed by atoms with Crippen LogP contribution in [-0.4, -0.2) is 32.2 Å². The molecule has 0 amide bonds. The van der Waals surface area contributed by atoms with E-state index in [9.17, 15) is 9.90 Å². The average molecular weight is 406 g/mol. The second-order valence-electron chi connectivity index (χ2n) is 12.2. The molecule has 3 fully saturated rings. The highest BCUT2D eigenvalue weighted by atomic mass is 16.3. The lowest BCUT2D eigenvalue weighted by molar-refractivity contribution is -0.117. The van der Waals surface area contributed by atoms with Crippen molar-refractivity contribution in [3.63, 3.8) is 0 Å². The topological polar surface area (TPSA) is 37.3 Å². The van der Waals surface area contributed by atoms with Crippen molar-refractivity contribution >= 4 is 21.5 Å². The Labute approximate surface area is 186 Å². The first-order chi connectivity index (χ1) is 13.8. The lowest BCUT2D eigenvalue weighted by Gasteiger charge is -2.63. The molecule has 30 heavy (non-hydrogen) atoms. The molecule has 0 saturated heterocycles. The largest absolute Gasteiger partial charge is 0.391 e. The van der Waals surface area contributed by atoms with E-state index in [0.717, 1.165) is 43.1 Å². The summed E-state index contributed by atoms with van der Waals surface area (Å²) in [5.41, 5.74) is 0.468. The molecule has 4 aliphatic carbocycles. The maximum atomic E-state index is 11.5. The van der Waals surface area contributed by atoms with Gasteiger partial charge in [-0.15, -0.1) is 0 Å². The first kappa shape index (κ1) is 22.7. The van der Waals surface area contributed by atoms with Crippen molar-refractivity contribution in [1.82, 2.24) is 0 Å². The van der Waals surface area contributed by atoms with Gasteiger partial charge in [0.1, 0.15) is 5.78 Å². The number of ketones is 1. The molecule has 0 heterocycles. The number of allylic oxidation sites excluding steroid dienone is 1. The number of hydrogen-bond acceptors (Lipinski definition) is 2. The van der Waals surface area contributed by atoms with Crippen LogP contribution in [0.4, 0.5) is 0 Å². The Kier molecular flexibility index (Phi) is 5.49. The number of carbonyl (C=O) groups is 1. The molecule has 0 aromatic heterocycles. The number of hydrogen-bond donors (Lipinski definition) is 1. The normalized spacial score (nSPS) is 48.1. The minimum Gasteiger partial charge on any atom is -0.391 e. The Bertz CT molecular complexity index is 741. The van der Waals surface area contributed by atoms with Gasteiger partial charge in [-0.1, -0.05) is 37.6 Å². The molecule has 0 aromatic rings. The Balaban J connectivity index is 1.60. The van der Waals surface area contributed by atoms with Crippen molar-refractivity contribution in [3.8, 4) is 0 Å². The molecular weight excluding hydrogens is 366 g/mol. The minimum absolute atomic E-state index is 0.00825. The first-order valence-corrected chi connectivity index (χ1v) is 12.4. The van der Waals surface area contributed by atoms with Crippen LogP contribution in [0.15, 0.2) is 11.6 Å². The molecule has 8 atom stereocenters. The van der Waals surface area contributed by atoms with Gasteiger partial charge in [-0.2, -0.15) is 0 Å². The lowest BCUT2D eigenvalue weighted by Crippen LogP contribution is -2.57. The fourth-order valence-corrected chi connectivity index (χ4v) is 8.66. The fraction of sp³-hybridized carbons (Fsp3) is 0.885. The van der Waals surface area contributed by atoms with Gasteiger partial charge >= 0.3 is 0 Å². The summed E-state index contributed by atoms with van der Waals surface area (Å²) in [4.78, 5) is 11.5. The number of carbonyl (C=O) groups excluding carboxylic acids is 1. The third-order valence-corrected chi connectivity index (χ3v) is 10.6. The highest BCUT2D eigenvalue weighted by Crippen LogP contribution is 2.70. The molecule has 3 saturated carbocycles. The predicted molar refractivity (Wildman–Crippen MR) is 124 cm³/mol. The molecule has 0 spiro atoms. The number of Topliss-reactive ketones (excluding diaryl/α,β-unsaturated/α-hetero) is 1. The SMILES string of the molecule is [B]C1([B])C2=CCC3C(CCC4(C)C3CCC4[C@H](C)CCC(C)=O)C2(C)CC[C@]1(C)O. The Morgan fingerprint density at radius 1 is 1.13 bits per heavy atom. The van der Waals surface area contributed by atoms with Gasteiger partial charge in [-0.25, -0.2) is 0 Å². The van der Waals surface area contributed by atoms with Gasteiger partial charge in [0.25, 0.3) is 0 Å². The molecule has 0 aliphatic heterocycles. The molecule has 4 aliphatic rings. The minimum atomic E-state index is -1.13. The summed E-state index contributed by atoms with van der Waals surface area (Å²) in [5, 5.41) is 9.78. The van der Waals surface area contributed by atoms with Crippen LogP contribution in [0.5, 0.6) is 0 Å². The van der Waals surface area contributed by atoms with Gasteiger partial charge in [-0.05, 0) is 106 Å². The van der Waals surface area contributed by atoms with E-state index in [1.165, 1.54) is 25.7 Å². The summed E-state index contributed by atoms with van der Waals surface area (Å²) in [6.45, 7) is 10.8. The van der Waals surface area contributed by atoms with Crippen molar-refractivity contribution in [2.75, 3.05) is 0 Å². The molecular formula is C26H40B2O2. The standard InChI is InChI=1S/C26H40B2O2/c1-16(6-7-17(2)29)19-9-10-20-18-8-11-22-24(4,21(18)12-13-23(19,20)3)14-15-25(5,30)26(22,27)28/h11,16,18-21,30H,6-10,12-15H2,1-5H3/t16-,18?,19?,20?,21?,23?,24?,25+/m1/s1. The van der Waals surface area contributed by atoms with Gasteiger partial charge in [0.05, 0.1) is 21.3 Å². The van der Waals surface area contributed by atoms with Crippen molar-refractivity contribution in [2.45, 2.75) is 103 Å². The molecule has 0 bridgehead atoms. The van der Waals surface area contributed by atoms with Crippen LogP contribution >= 0.6 is 0 Å². The third-order valence-electron chi connectivity index (χ3n) is 10.6. The predicted octanol–water partition coefficient (Wildman–Crippen LogP) is 5.38. The van der Waals surface area contributed by atoms with Crippen LogP contribution in [0.1, 0.15) is 92.4 Å². The van der Waals surface area contributed by atoms with Crippen molar-refractivity contribution in [3.05, 3.63) is 11.6 Å². The maximum absolute atomic E-state index is 11.5. The van der Waals surface area contributed by atoms with Gasteiger partial charge in [-0.3, -0.25) is 0 Å². The highest BCUT2D eigenvalue weighted by molar-refractivity contribution is 6.43. The molecule has 0 aromatic carbocycles. The number of rotatable bonds is 4. The monoisotopic (exact) mass is 406 g/mol. The molecule has 2 nitrogen and oxygen atoms in total. The molecule has 4 rings (SSSR count). The van der Waals surface area contributed by atoms with Crippen LogP contribution in [0.2, 0.25) is 5.21 Å². The molecule has 1 N–H and O–H groups in total. The summed E-state index contributed by atoms with van der Waals surface area (Å²) in [6, 6.07) is 0. The summed E-state index contributed by atoms with van der Waals surface area (Å²) in [7, 11) is 13.2. The highest BCUT2D eigenvalue weighted by Gasteiger charge is 2.62. The van der Waals surface area contributed by atoms with E-state index in [-0.39, 0.29) is 5.41 Å². The zero-order valence-corrected chi connectivity index (χ0v) is 19.8. The van der Waals surface area contributed by atoms with Crippen LogP contribution in [0.25, 0.3) is 0 Å². The van der Waals surface area contributed by atoms with E-state index in [1.54, 1.807) is 13.8 Å². The summed E-state index contributed by atoms with van der Waals surface area (Å²) in [5.74, 6) is 3.74. The average Bonchev–Trinajstić information content (AvgIpc) is 3.01. The number of aliphatic hydroxyl groups is 1. The maximum Gasteiger partial charge on any atom is 0.129 e. The van der Waals surface area contributed by atoms with Gasteiger partial charge < -0.3 is 9.90 Å².